The van der Waals surface area contributed by atoms with Gasteiger partial charge in [-0.15, -0.1) is 0 Å². The standard InChI is InChI=1S/2C13H13.2ClH.Zr/c2*1-10-8-9-13(11(10)2)12-6-4-3-5-7-12;;;/h2*3-7H,8H2,1-2H3;2*1H;/q;;;;+2/p-2. The van der Waals surface area contributed by atoms with E-state index in [1.807, 2.05) is 0 Å². The molecule has 29 heavy (non-hydrogen) atoms. The van der Waals surface area contributed by atoms with Crippen LogP contribution in [-0.4, -0.2) is 0 Å². The van der Waals surface area contributed by atoms with Crippen LogP contribution in [0, 0.1) is 0 Å². The fraction of sp³-hybridized carbons (Fsp3) is 0.231. The van der Waals surface area contributed by atoms with Crippen molar-refractivity contribution >= 4 is 11.1 Å². The third kappa shape index (κ3) is 4.79. The van der Waals surface area contributed by atoms with Crippen molar-refractivity contribution in [3.8, 4) is 0 Å². The molecule has 2 aliphatic carbocycles. The van der Waals surface area contributed by atoms with E-state index in [2.05, 4.69) is 88.4 Å². The molecule has 2 aromatic carbocycles. The number of allylic oxidation sites excluding steroid dienone is 8. The zero-order valence-corrected chi connectivity index (χ0v) is 21.4. The van der Waals surface area contributed by atoms with Gasteiger partial charge in [-0.05, 0) is 0 Å². The van der Waals surface area contributed by atoms with Gasteiger partial charge in [0, 0.05) is 0 Å². The summed E-state index contributed by atoms with van der Waals surface area (Å²) in [6.45, 7) is 9.28. The Bertz CT molecular complexity index is 926. The second-order valence-electron chi connectivity index (χ2n) is 7.73. The van der Waals surface area contributed by atoms with Crippen molar-refractivity contribution in [1.29, 1.82) is 0 Å². The van der Waals surface area contributed by atoms with Gasteiger partial charge in [0.15, 0.2) is 0 Å². The molecule has 0 bridgehead atoms. The van der Waals surface area contributed by atoms with Crippen LogP contribution in [0.1, 0.15) is 51.7 Å². The maximum absolute atomic E-state index is 2.32. The van der Waals surface area contributed by atoms with Crippen molar-refractivity contribution < 1.29 is 48.0 Å². The molecular weight excluding hydrogens is 474 g/mol. The van der Waals surface area contributed by atoms with Crippen LogP contribution in [0.3, 0.4) is 0 Å². The summed E-state index contributed by atoms with van der Waals surface area (Å²) >= 11 is -0.817. The van der Waals surface area contributed by atoms with Crippen molar-refractivity contribution in [2.75, 3.05) is 0 Å². The first-order chi connectivity index (χ1) is 13.1. The number of hydrogen-bond donors (Lipinski definition) is 0. The quantitative estimate of drug-likeness (QED) is 0.595. The van der Waals surface area contributed by atoms with E-state index in [1.165, 1.54) is 35.1 Å². The third-order valence-corrected chi connectivity index (χ3v) is 9.53. The number of halogens is 2. The van der Waals surface area contributed by atoms with Crippen molar-refractivity contribution in [2.24, 2.45) is 0 Å². The van der Waals surface area contributed by atoms with Crippen molar-refractivity contribution in [1.82, 2.24) is 0 Å². The zero-order chi connectivity index (χ0) is 19.0. The molecule has 2 aromatic rings. The molecule has 0 fully saturated rings. The SMILES string of the molecule is CC1=C(C)C(c2ccccc2)=[C]([Zr+2][C]2=C(c3ccccc3)C(C)=C(C)C2)C1.[Cl-].[Cl-]. The summed E-state index contributed by atoms with van der Waals surface area (Å²) in [5, 5.41) is 0. The van der Waals surface area contributed by atoms with Gasteiger partial charge in [-0.1, -0.05) is 0 Å². The van der Waals surface area contributed by atoms with Gasteiger partial charge in [0.25, 0.3) is 0 Å². The van der Waals surface area contributed by atoms with Gasteiger partial charge >= 0.3 is 176 Å². The molecule has 148 valence electrons. The summed E-state index contributed by atoms with van der Waals surface area (Å²) < 4.78 is 3.51. The Labute approximate surface area is 199 Å². The predicted molar refractivity (Wildman–Crippen MR) is 113 cm³/mol. The van der Waals surface area contributed by atoms with E-state index >= 15 is 0 Å². The summed E-state index contributed by atoms with van der Waals surface area (Å²) in [7, 11) is 0. The number of hydrogen-bond acceptors (Lipinski definition) is 0. The zero-order valence-electron chi connectivity index (χ0n) is 17.4. The molecule has 0 unspecified atom stereocenters. The Morgan fingerprint density at radius 2 is 0.897 bits per heavy atom. The summed E-state index contributed by atoms with van der Waals surface area (Å²) in [6, 6.07) is 22.1. The Morgan fingerprint density at radius 1 is 0.552 bits per heavy atom. The minimum atomic E-state index is -0.817. The van der Waals surface area contributed by atoms with Gasteiger partial charge in [0.2, 0.25) is 0 Å². The molecule has 2 aliphatic rings. The Hall–Kier alpha value is -1.14. The van der Waals surface area contributed by atoms with Crippen LogP contribution in [-0.2, 0) is 23.2 Å². The topological polar surface area (TPSA) is 0 Å². The summed E-state index contributed by atoms with van der Waals surface area (Å²) in [5.74, 6) is 0. The molecule has 0 saturated carbocycles. The molecule has 0 radical (unpaired) electrons. The van der Waals surface area contributed by atoms with Crippen molar-refractivity contribution in [3.05, 3.63) is 101 Å². The second kappa shape index (κ2) is 10.3. The molecule has 0 amide bonds. The summed E-state index contributed by atoms with van der Waals surface area (Å²) in [4.78, 5) is 0. The van der Waals surface area contributed by atoms with Gasteiger partial charge < -0.3 is 24.8 Å². The fourth-order valence-electron chi connectivity index (χ4n) is 4.24. The minimum Gasteiger partial charge on any atom is -1.00 e. The van der Waals surface area contributed by atoms with Crippen molar-refractivity contribution in [3.63, 3.8) is 0 Å². The molecule has 0 saturated heterocycles. The van der Waals surface area contributed by atoms with Gasteiger partial charge in [0.1, 0.15) is 0 Å². The molecule has 0 spiro atoms. The predicted octanol–water partition coefficient (Wildman–Crippen LogP) is 1.38. The largest absolute Gasteiger partial charge is 1.00 e. The van der Waals surface area contributed by atoms with Gasteiger partial charge in [-0.3, -0.25) is 0 Å². The van der Waals surface area contributed by atoms with Crippen LogP contribution in [0.5, 0.6) is 0 Å². The van der Waals surface area contributed by atoms with Crippen LogP contribution in [0.15, 0.2) is 89.5 Å². The van der Waals surface area contributed by atoms with E-state index in [0.717, 1.165) is 0 Å². The van der Waals surface area contributed by atoms with E-state index in [-0.39, 0.29) is 24.8 Å². The maximum atomic E-state index is 2.32. The van der Waals surface area contributed by atoms with Crippen LogP contribution < -0.4 is 24.8 Å². The molecule has 0 aliphatic heterocycles. The first kappa shape index (κ1) is 24.1. The van der Waals surface area contributed by atoms with Gasteiger partial charge in [0.05, 0.1) is 0 Å². The molecule has 0 aromatic heterocycles. The first-order valence-corrected chi connectivity index (χ1v) is 12.2. The summed E-state index contributed by atoms with van der Waals surface area (Å²) in [6.07, 6.45) is 2.37. The first-order valence-electron chi connectivity index (χ1n) is 9.74. The number of benzene rings is 2. The van der Waals surface area contributed by atoms with Crippen LogP contribution in [0.4, 0.5) is 0 Å². The Kier molecular flexibility index (Phi) is 8.53. The fourth-order valence-corrected chi connectivity index (χ4v) is 9.12. The maximum Gasteiger partial charge on any atom is -1.00 e. The van der Waals surface area contributed by atoms with Crippen LogP contribution in [0.2, 0.25) is 0 Å². The monoisotopic (exact) mass is 498 g/mol. The van der Waals surface area contributed by atoms with Crippen molar-refractivity contribution in [2.45, 2.75) is 40.5 Å². The molecule has 0 atom stereocenters. The molecule has 0 N–H and O–H groups in total. The van der Waals surface area contributed by atoms with Gasteiger partial charge in [-0.25, -0.2) is 0 Å². The van der Waals surface area contributed by atoms with Crippen LogP contribution >= 0.6 is 0 Å². The molecular formula is C26H26Cl2Zr. The summed E-state index contributed by atoms with van der Waals surface area (Å²) in [5.41, 5.74) is 12.1. The van der Waals surface area contributed by atoms with Gasteiger partial charge in [-0.2, -0.15) is 0 Å². The molecule has 4 rings (SSSR count). The normalized spacial score (nSPS) is 16.1. The Morgan fingerprint density at radius 3 is 1.24 bits per heavy atom. The van der Waals surface area contributed by atoms with E-state index < -0.39 is 23.2 Å². The molecule has 0 heterocycles. The third-order valence-electron chi connectivity index (χ3n) is 5.94. The smallest absolute Gasteiger partial charge is 1.00 e. The molecule has 3 heteroatoms. The number of rotatable bonds is 4. The molecule has 0 nitrogen and oxygen atoms in total. The minimum absolute atomic E-state index is 0. The average molecular weight is 501 g/mol. The average Bonchev–Trinajstić information content (AvgIpc) is 3.12. The van der Waals surface area contributed by atoms with E-state index in [0.29, 0.717) is 0 Å². The second-order valence-corrected chi connectivity index (χ2v) is 11.3. The van der Waals surface area contributed by atoms with E-state index in [9.17, 15) is 0 Å². The van der Waals surface area contributed by atoms with E-state index in [4.69, 9.17) is 0 Å². The van der Waals surface area contributed by atoms with Crippen LogP contribution in [0.25, 0.3) is 11.1 Å². The van der Waals surface area contributed by atoms with E-state index in [1.54, 1.807) is 28.9 Å². The Balaban J connectivity index is 0.00000150.